The zero-order valence-electron chi connectivity index (χ0n) is 11.5. The maximum atomic E-state index is 12.1. The van der Waals surface area contributed by atoms with Crippen LogP contribution >= 0.6 is 10.3 Å². The van der Waals surface area contributed by atoms with Crippen molar-refractivity contribution in [1.82, 2.24) is 0 Å². The van der Waals surface area contributed by atoms with Crippen LogP contribution in [0.5, 0.6) is 0 Å². The minimum absolute atomic E-state index is 0. The molecule has 0 aliphatic heterocycles. The number of rotatable bonds is 6. The van der Waals surface area contributed by atoms with Crippen LogP contribution in [0.3, 0.4) is 0 Å². The first-order chi connectivity index (χ1) is 8.98. The summed E-state index contributed by atoms with van der Waals surface area (Å²) in [5, 5.41) is 8.92. The van der Waals surface area contributed by atoms with Crippen LogP contribution in [0, 0.1) is 0 Å². The molecule has 1 aromatic carbocycles. The highest BCUT2D eigenvalue weighted by Gasteiger charge is 2.24. The molecule has 6 heteroatoms. The fraction of sp³-hybridized carbons (Fsp3) is 0.429. The molecule has 0 heterocycles. The van der Waals surface area contributed by atoms with Gasteiger partial charge in [-0.1, -0.05) is 37.1 Å². The number of carboxylic acids is 1. The summed E-state index contributed by atoms with van der Waals surface area (Å²) in [6.07, 6.45) is 0. The van der Waals surface area contributed by atoms with Crippen molar-refractivity contribution >= 4 is 45.3 Å². The molecule has 0 bridgehead atoms. The summed E-state index contributed by atoms with van der Waals surface area (Å²) < 4.78 is 5.66. The highest BCUT2D eigenvalue weighted by atomic mass is 32.3. The van der Waals surface area contributed by atoms with Gasteiger partial charge in [0, 0.05) is 17.3 Å². The van der Waals surface area contributed by atoms with Gasteiger partial charge in [-0.25, -0.2) is 9.59 Å². The van der Waals surface area contributed by atoms with Crippen molar-refractivity contribution in [3.05, 3.63) is 35.4 Å². The second-order valence-electron chi connectivity index (χ2n) is 4.09. The molecular weight excluding hydrogens is 289 g/mol. The molecule has 0 unspecified atom stereocenters. The Morgan fingerprint density at radius 1 is 1.10 bits per heavy atom. The van der Waals surface area contributed by atoms with E-state index >= 15 is 0 Å². The smallest absolute Gasteiger partial charge is 0.348 e. The summed E-state index contributed by atoms with van der Waals surface area (Å²) in [4.78, 5) is 23.0. The summed E-state index contributed by atoms with van der Waals surface area (Å²) in [7, 11) is -1.39. The van der Waals surface area contributed by atoms with E-state index in [2.05, 4.69) is 0 Å². The van der Waals surface area contributed by atoms with Crippen LogP contribution in [0.25, 0.3) is 0 Å². The van der Waals surface area contributed by atoms with Gasteiger partial charge in [-0.2, -0.15) is 0 Å². The fourth-order valence-corrected chi connectivity index (χ4v) is 3.77. The van der Waals surface area contributed by atoms with Crippen LogP contribution in [-0.2, 0) is 4.18 Å². The molecule has 110 valence electrons. The summed E-state index contributed by atoms with van der Waals surface area (Å²) in [5.74, 6) is 0.998. The maximum absolute atomic E-state index is 12.1. The predicted molar refractivity (Wildman–Crippen MR) is 86.6 cm³/mol. The van der Waals surface area contributed by atoms with Gasteiger partial charge in [0.1, 0.15) is 0 Å². The lowest BCUT2D eigenvalue weighted by Crippen LogP contribution is -2.17. The molecule has 1 aromatic rings. The molecule has 0 saturated heterocycles. The first-order valence-corrected chi connectivity index (χ1v) is 8.38. The van der Waals surface area contributed by atoms with Gasteiger partial charge in [0.25, 0.3) is 0 Å². The Kier molecular flexibility index (Phi) is 8.23. The van der Waals surface area contributed by atoms with Gasteiger partial charge in [-0.15, -0.1) is 0 Å². The van der Waals surface area contributed by atoms with Crippen molar-refractivity contribution in [3.63, 3.8) is 0 Å². The van der Waals surface area contributed by atoms with Crippen LogP contribution in [0.1, 0.15) is 41.5 Å². The average Bonchev–Trinajstić information content (AvgIpc) is 2.45. The minimum Gasteiger partial charge on any atom is -0.478 e. The van der Waals surface area contributed by atoms with Crippen molar-refractivity contribution in [1.29, 1.82) is 0 Å². The standard InChI is InChI=1S/C14H20O4S.Mg.2H/c1-4-19(5-2,6-3)18-14(17)12-9-7-8-11(10-12)13(15)16;;;/h7-10H,4-6H2,1-3H3,(H,15,16);;;. The van der Waals surface area contributed by atoms with E-state index in [1.807, 2.05) is 20.8 Å². The average molecular weight is 311 g/mol. The molecule has 0 spiro atoms. The minimum atomic E-state index is -1.39. The van der Waals surface area contributed by atoms with E-state index in [9.17, 15) is 9.59 Å². The SMILES string of the molecule is CCS(CC)(CC)OC(=O)c1cccc(C(=O)O)c1.[MgH2]. The van der Waals surface area contributed by atoms with E-state index in [0.29, 0.717) is 5.56 Å². The quantitative estimate of drug-likeness (QED) is 0.820. The molecule has 0 aliphatic rings. The Labute approximate surface area is 137 Å². The van der Waals surface area contributed by atoms with Crippen LogP contribution in [0.15, 0.2) is 24.3 Å². The molecule has 0 aliphatic carbocycles. The van der Waals surface area contributed by atoms with Gasteiger partial charge >= 0.3 is 35.0 Å². The molecule has 0 amide bonds. The van der Waals surface area contributed by atoms with E-state index in [-0.39, 0.29) is 28.6 Å². The van der Waals surface area contributed by atoms with E-state index in [1.165, 1.54) is 12.1 Å². The Morgan fingerprint density at radius 2 is 1.60 bits per heavy atom. The van der Waals surface area contributed by atoms with E-state index < -0.39 is 22.2 Å². The molecule has 0 atom stereocenters. The number of carbonyl (C=O) groups is 2. The number of aromatic carboxylic acids is 1. The largest absolute Gasteiger partial charge is 0.478 e. The lowest BCUT2D eigenvalue weighted by Gasteiger charge is -2.35. The first kappa shape index (κ1) is 19.3. The Hall–Kier alpha value is -0.724. The zero-order chi connectivity index (χ0) is 14.5. The number of carboxylic acid groups (broad SMARTS) is 1. The van der Waals surface area contributed by atoms with Crippen molar-refractivity contribution < 1.29 is 18.9 Å². The van der Waals surface area contributed by atoms with Gasteiger partial charge in [0.2, 0.25) is 0 Å². The van der Waals surface area contributed by atoms with Crippen molar-refractivity contribution in [2.24, 2.45) is 0 Å². The molecular formula is C14H22MgO4S. The normalized spacial score (nSPS) is 11.3. The molecule has 1 N–H and O–H groups in total. The van der Waals surface area contributed by atoms with Gasteiger partial charge in [-0.3, -0.25) is 0 Å². The van der Waals surface area contributed by atoms with Crippen LogP contribution in [0.4, 0.5) is 0 Å². The van der Waals surface area contributed by atoms with Crippen molar-refractivity contribution in [2.75, 3.05) is 17.3 Å². The summed E-state index contributed by atoms with van der Waals surface area (Å²) >= 11 is 0. The third-order valence-electron chi connectivity index (χ3n) is 3.18. The highest BCUT2D eigenvalue weighted by Crippen LogP contribution is 2.48. The Balaban J connectivity index is 0.00000361. The van der Waals surface area contributed by atoms with E-state index in [4.69, 9.17) is 9.29 Å². The van der Waals surface area contributed by atoms with Gasteiger partial charge in [0.15, 0.2) is 0 Å². The number of hydrogen-bond acceptors (Lipinski definition) is 3. The first-order valence-electron chi connectivity index (χ1n) is 6.31. The lowest BCUT2D eigenvalue weighted by atomic mass is 10.1. The van der Waals surface area contributed by atoms with Crippen LogP contribution < -0.4 is 0 Å². The molecule has 0 aromatic heterocycles. The summed E-state index contributed by atoms with van der Waals surface area (Å²) in [6, 6.07) is 5.95. The zero-order valence-corrected chi connectivity index (χ0v) is 12.3. The van der Waals surface area contributed by atoms with Crippen molar-refractivity contribution in [3.8, 4) is 0 Å². The molecule has 1 rings (SSSR count). The lowest BCUT2D eigenvalue weighted by molar-refractivity contribution is 0.0697. The third-order valence-corrected chi connectivity index (χ3v) is 6.84. The summed E-state index contributed by atoms with van der Waals surface area (Å²) in [6.45, 7) is 6.05. The molecule has 4 nitrogen and oxygen atoms in total. The van der Waals surface area contributed by atoms with Crippen LogP contribution in [0.2, 0.25) is 0 Å². The highest BCUT2D eigenvalue weighted by molar-refractivity contribution is 8.30. The van der Waals surface area contributed by atoms with E-state index in [1.54, 1.807) is 12.1 Å². The molecule has 0 radical (unpaired) electrons. The second kappa shape index (κ2) is 8.54. The number of benzene rings is 1. The molecule has 0 saturated carbocycles. The van der Waals surface area contributed by atoms with Crippen molar-refractivity contribution in [2.45, 2.75) is 20.8 Å². The van der Waals surface area contributed by atoms with E-state index in [0.717, 1.165) is 17.3 Å². The third kappa shape index (κ3) is 4.68. The monoisotopic (exact) mass is 310 g/mol. The summed E-state index contributed by atoms with van der Waals surface area (Å²) in [5.41, 5.74) is 0.395. The molecule has 0 fully saturated rings. The fourth-order valence-electron chi connectivity index (χ4n) is 1.78. The number of hydrogen-bond donors (Lipinski definition) is 1. The molecule has 20 heavy (non-hydrogen) atoms. The van der Waals surface area contributed by atoms with Crippen LogP contribution in [-0.4, -0.2) is 57.4 Å². The predicted octanol–water partition coefficient (Wildman–Crippen LogP) is 2.40. The second-order valence-corrected chi connectivity index (χ2v) is 7.92. The van der Waals surface area contributed by atoms with Gasteiger partial charge < -0.3 is 9.29 Å². The maximum Gasteiger partial charge on any atom is 0.348 e. The van der Waals surface area contributed by atoms with Gasteiger partial charge in [0.05, 0.1) is 11.1 Å². The number of carbonyl (C=O) groups excluding carboxylic acids is 1. The topological polar surface area (TPSA) is 63.6 Å². The Bertz CT molecular complexity index is 464. The van der Waals surface area contributed by atoms with Gasteiger partial charge in [-0.05, 0) is 18.2 Å². The Morgan fingerprint density at radius 3 is 2.05 bits per heavy atom.